The molecule has 1 aromatic heterocycles. The van der Waals surface area contributed by atoms with E-state index in [9.17, 15) is 9.59 Å². The fraction of sp³-hybridized carbons (Fsp3) is 0.250. The van der Waals surface area contributed by atoms with E-state index < -0.39 is 18.5 Å². The van der Waals surface area contributed by atoms with Crippen LogP contribution in [0.3, 0.4) is 0 Å². The molecule has 0 aliphatic carbocycles. The summed E-state index contributed by atoms with van der Waals surface area (Å²) < 4.78 is 4.81. The Morgan fingerprint density at radius 2 is 2.07 bits per heavy atom. The normalized spacial score (nSPS) is 10.0. The van der Waals surface area contributed by atoms with Crippen LogP contribution in [0.25, 0.3) is 0 Å². The number of carboxylic acids is 2. The number of thiophene rings is 1. The van der Waals surface area contributed by atoms with Crippen LogP contribution in [0.5, 0.6) is 5.75 Å². The van der Waals surface area contributed by atoms with E-state index in [2.05, 4.69) is 0 Å². The first-order valence-electron chi connectivity index (χ1n) is 3.80. The zero-order valence-corrected chi connectivity index (χ0v) is 9.18. The van der Waals surface area contributed by atoms with Crippen LogP contribution in [0.2, 0.25) is 5.02 Å². The number of ether oxygens (including phenoxy) is 1. The molecular formula is C8H7ClO5S. The van der Waals surface area contributed by atoms with Gasteiger partial charge in [-0.1, -0.05) is 11.6 Å². The molecule has 0 aliphatic heterocycles. The number of aryl methyl sites for hydroxylation is 1. The molecule has 0 aromatic carbocycles. The Labute approximate surface area is 93.9 Å². The molecule has 0 saturated carbocycles. The standard InChI is InChI=1S/C8H7ClO5S/c1-3-5(9)6(14-2-4(10)11)7(15-3)8(12)13/h2H2,1H3,(H,10,11)(H,12,13). The Morgan fingerprint density at radius 1 is 1.47 bits per heavy atom. The number of halogens is 1. The monoisotopic (exact) mass is 250 g/mol. The summed E-state index contributed by atoms with van der Waals surface area (Å²) in [5.41, 5.74) is 0. The molecule has 0 atom stereocenters. The third-order valence-electron chi connectivity index (χ3n) is 1.50. The third-order valence-corrected chi connectivity index (χ3v) is 3.15. The summed E-state index contributed by atoms with van der Waals surface area (Å²) in [5.74, 6) is -2.45. The first-order valence-corrected chi connectivity index (χ1v) is 4.99. The van der Waals surface area contributed by atoms with Crippen LogP contribution >= 0.6 is 22.9 Å². The van der Waals surface area contributed by atoms with Crippen molar-refractivity contribution >= 4 is 34.9 Å². The minimum atomic E-state index is -1.19. The largest absolute Gasteiger partial charge is 0.479 e. The molecule has 0 unspecified atom stereocenters. The molecule has 15 heavy (non-hydrogen) atoms. The summed E-state index contributed by atoms with van der Waals surface area (Å²) >= 11 is 6.72. The lowest BCUT2D eigenvalue weighted by Gasteiger charge is -2.02. The molecule has 0 saturated heterocycles. The SMILES string of the molecule is Cc1sc(C(=O)O)c(OCC(=O)O)c1Cl. The fourth-order valence-electron chi connectivity index (χ4n) is 0.907. The summed E-state index contributed by atoms with van der Waals surface area (Å²) in [7, 11) is 0. The molecule has 0 bridgehead atoms. The van der Waals surface area contributed by atoms with E-state index in [1.54, 1.807) is 6.92 Å². The van der Waals surface area contributed by atoms with Gasteiger partial charge in [0, 0.05) is 4.88 Å². The molecule has 0 fully saturated rings. The highest BCUT2D eigenvalue weighted by Crippen LogP contribution is 2.38. The van der Waals surface area contributed by atoms with Gasteiger partial charge in [-0.2, -0.15) is 0 Å². The van der Waals surface area contributed by atoms with E-state index in [0.717, 1.165) is 11.3 Å². The van der Waals surface area contributed by atoms with Gasteiger partial charge in [-0.05, 0) is 6.92 Å². The van der Waals surface area contributed by atoms with Crippen LogP contribution in [-0.2, 0) is 4.79 Å². The molecule has 7 heteroatoms. The molecule has 0 amide bonds. The number of carboxylic acid groups (broad SMARTS) is 2. The zero-order chi connectivity index (χ0) is 11.6. The van der Waals surface area contributed by atoms with Gasteiger partial charge in [0.2, 0.25) is 0 Å². The number of aromatic carboxylic acids is 1. The topological polar surface area (TPSA) is 83.8 Å². The van der Waals surface area contributed by atoms with Gasteiger partial charge in [0.15, 0.2) is 17.2 Å². The second kappa shape index (κ2) is 4.50. The van der Waals surface area contributed by atoms with Crippen LogP contribution in [0.4, 0.5) is 0 Å². The molecule has 5 nitrogen and oxygen atoms in total. The number of hydrogen-bond acceptors (Lipinski definition) is 4. The Hall–Kier alpha value is -1.27. The van der Waals surface area contributed by atoms with Crippen molar-refractivity contribution in [2.24, 2.45) is 0 Å². The van der Waals surface area contributed by atoms with Crippen molar-refractivity contribution in [3.8, 4) is 5.75 Å². The van der Waals surface area contributed by atoms with E-state index in [4.69, 9.17) is 26.6 Å². The predicted octanol–water partition coefficient (Wildman–Crippen LogP) is 1.87. The highest BCUT2D eigenvalue weighted by molar-refractivity contribution is 7.15. The smallest absolute Gasteiger partial charge is 0.349 e. The average molecular weight is 251 g/mol. The first kappa shape index (κ1) is 11.8. The van der Waals surface area contributed by atoms with E-state index in [0.29, 0.717) is 4.88 Å². The summed E-state index contributed by atoms with van der Waals surface area (Å²) in [4.78, 5) is 21.5. The molecule has 82 valence electrons. The van der Waals surface area contributed by atoms with E-state index in [1.165, 1.54) is 0 Å². The van der Waals surface area contributed by atoms with Gasteiger partial charge in [0.25, 0.3) is 0 Å². The fourth-order valence-corrected chi connectivity index (χ4v) is 2.06. The van der Waals surface area contributed by atoms with Gasteiger partial charge in [0.1, 0.15) is 0 Å². The van der Waals surface area contributed by atoms with Crippen LogP contribution in [-0.4, -0.2) is 28.8 Å². The first-order chi connectivity index (χ1) is 6.93. The lowest BCUT2D eigenvalue weighted by Crippen LogP contribution is -2.10. The number of rotatable bonds is 4. The quantitative estimate of drug-likeness (QED) is 0.852. The molecule has 1 rings (SSSR count). The van der Waals surface area contributed by atoms with Gasteiger partial charge >= 0.3 is 11.9 Å². The molecular weight excluding hydrogens is 244 g/mol. The van der Waals surface area contributed by atoms with Gasteiger partial charge in [-0.15, -0.1) is 11.3 Å². The van der Waals surface area contributed by atoms with Gasteiger partial charge in [-0.25, -0.2) is 9.59 Å². The van der Waals surface area contributed by atoms with Crippen molar-refractivity contribution in [1.82, 2.24) is 0 Å². The van der Waals surface area contributed by atoms with Crippen molar-refractivity contribution in [2.75, 3.05) is 6.61 Å². The molecule has 0 aliphatic rings. The van der Waals surface area contributed by atoms with E-state index in [-0.39, 0.29) is 15.6 Å². The predicted molar refractivity (Wildman–Crippen MR) is 54.2 cm³/mol. The van der Waals surface area contributed by atoms with Gasteiger partial charge in [0.05, 0.1) is 5.02 Å². The van der Waals surface area contributed by atoms with Crippen molar-refractivity contribution in [3.05, 3.63) is 14.8 Å². The molecule has 0 spiro atoms. The highest BCUT2D eigenvalue weighted by Gasteiger charge is 2.21. The van der Waals surface area contributed by atoms with E-state index >= 15 is 0 Å². The molecule has 0 radical (unpaired) electrons. The highest BCUT2D eigenvalue weighted by atomic mass is 35.5. The second-order valence-corrected chi connectivity index (χ2v) is 4.22. The Balaban J connectivity index is 3.02. The van der Waals surface area contributed by atoms with Gasteiger partial charge in [-0.3, -0.25) is 0 Å². The van der Waals surface area contributed by atoms with Crippen LogP contribution in [0.15, 0.2) is 0 Å². The van der Waals surface area contributed by atoms with Crippen LogP contribution < -0.4 is 4.74 Å². The van der Waals surface area contributed by atoms with Crippen molar-refractivity contribution in [3.63, 3.8) is 0 Å². The maximum atomic E-state index is 10.8. The zero-order valence-electron chi connectivity index (χ0n) is 7.61. The van der Waals surface area contributed by atoms with Crippen molar-refractivity contribution in [2.45, 2.75) is 6.92 Å². The molecule has 1 aromatic rings. The lowest BCUT2D eigenvalue weighted by molar-refractivity contribution is -0.139. The molecule has 2 N–H and O–H groups in total. The lowest BCUT2D eigenvalue weighted by atomic mass is 10.4. The van der Waals surface area contributed by atoms with Gasteiger partial charge < -0.3 is 14.9 Å². The van der Waals surface area contributed by atoms with Crippen molar-refractivity contribution in [1.29, 1.82) is 0 Å². The Bertz CT molecular complexity index is 411. The Kier molecular flexibility index (Phi) is 3.54. The minimum Gasteiger partial charge on any atom is -0.479 e. The average Bonchev–Trinajstić information content (AvgIpc) is 2.41. The van der Waals surface area contributed by atoms with Crippen molar-refractivity contribution < 1.29 is 24.5 Å². The maximum absolute atomic E-state index is 10.8. The number of hydrogen-bond donors (Lipinski definition) is 2. The third kappa shape index (κ3) is 2.60. The van der Waals surface area contributed by atoms with E-state index in [1.807, 2.05) is 0 Å². The Morgan fingerprint density at radius 3 is 2.53 bits per heavy atom. The minimum absolute atomic E-state index is 0.0749. The summed E-state index contributed by atoms with van der Waals surface area (Å²) in [5, 5.41) is 17.3. The summed E-state index contributed by atoms with van der Waals surface area (Å²) in [6.45, 7) is 1.02. The second-order valence-electron chi connectivity index (χ2n) is 2.62. The molecule has 1 heterocycles. The maximum Gasteiger partial charge on any atom is 0.349 e. The van der Waals surface area contributed by atoms with Crippen LogP contribution in [0, 0.1) is 6.92 Å². The summed E-state index contributed by atoms with van der Waals surface area (Å²) in [6, 6.07) is 0. The number of aliphatic carboxylic acids is 1. The van der Waals surface area contributed by atoms with Crippen LogP contribution in [0.1, 0.15) is 14.5 Å². The number of carbonyl (C=O) groups is 2. The summed E-state index contributed by atoms with van der Waals surface area (Å²) in [6.07, 6.45) is 0.